The van der Waals surface area contributed by atoms with Crippen molar-refractivity contribution in [2.24, 2.45) is 5.84 Å². The third kappa shape index (κ3) is 3.58. The van der Waals surface area contributed by atoms with Crippen molar-refractivity contribution in [1.29, 1.82) is 5.26 Å². The largest absolute Gasteiger partial charge is 0.321 e. The van der Waals surface area contributed by atoms with E-state index in [0.29, 0.717) is 25.8 Å². The number of hydrogen-bond donors (Lipinski definition) is 3. The Labute approximate surface area is 137 Å². The number of nitrogens with zero attached hydrogens (tertiary/aromatic N) is 2. The van der Waals surface area contributed by atoms with Crippen LogP contribution in [0.2, 0.25) is 0 Å². The Morgan fingerprint density at radius 2 is 2.10 bits per heavy atom. The van der Waals surface area contributed by atoms with Crippen molar-refractivity contribution in [3.63, 3.8) is 0 Å². The second kappa shape index (κ2) is 6.67. The summed E-state index contributed by atoms with van der Waals surface area (Å²) in [4.78, 5) is 16.3. The summed E-state index contributed by atoms with van der Waals surface area (Å²) in [6.45, 7) is 0. The Bertz CT molecular complexity index is 742. The molecule has 2 aromatic rings. The molecule has 21 heavy (non-hydrogen) atoms. The fourth-order valence-corrected chi connectivity index (χ4v) is 2.41. The van der Waals surface area contributed by atoms with Gasteiger partial charge in [0.1, 0.15) is 0 Å². The molecule has 0 saturated heterocycles. The van der Waals surface area contributed by atoms with E-state index < -0.39 is 0 Å². The third-order valence-electron chi connectivity index (χ3n) is 2.58. The number of pyridine rings is 1. The summed E-state index contributed by atoms with van der Waals surface area (Å²) in [5, 5.41) is 11.5. The van der Waals surface area contributed by atoms with Crippen LogP contribution < -0.4 is 16.6 Å². The summed E-state index contributed by atoms with van der Waals surface area (Å²) in [7, 11) is 0. The highest BCUT2D eigenvalue weighted by molar-refractivity contribution is 9.10. The Balaban J connectivity index is 2.30. The third-order valence-corrected chi connectivity index (χ3v) is 3.67. The molecule has 0 fully saturated rings. The van der Waals surface area contributed by atoms with Gasteiger partial charge < -0.3 is 10.7 Å². The molecule has 0 bridgehead atoms. The highest BCUT2D eigenvalue weighted by Gasteiger charge is 2.14. The van der Waals surface area contributed by atoms with Crippen molar-refractivity contribution in [2.75, 3.05) is 10.7 Å². The van der Waals surface area contributed by atoms with Crippen LogP contribution in [0.4, 0.5) is 11.5 Å². The molecular formula is C13H9Br2N5O. The topological polar surface area (TPSA) is 104 Å². The summed E-state index contributed by atoms with van der Waals surface area (Å²) < 4.78 is 1.27. The lowest BCUT2D eigenvalue weighted by molar-refractivity contribution is 0.102. The molecule has 6 nitrogen and oxygen atoms in total. The number of hydrogen-bond acceptors (Lipinski definition) is 5. The molecule has 0 unspecified atom stereocenters. The lowest BCUT2D eigenvalue weighted by Gasteiger charge is -2.10. The number of nitrogen functional groups attached to an aromatic ring is 1. The number of nitrogens with two attached hydrogens (primary N) is 1. The molecule has 0 aliphatic heterocycles. The number of carbonyl (C=O) groups excluding carboxylic acids is 1. The van der Waals surface area contributed by atoms with Gasteiger partial charge in [-0.15, -0.1) is 0 Å². The van der Waals surface area contributed by atoms with Gasteiger partial charge in [-0.05, 0) is 56.1 Å². The van der Waals surface area contributed by atoms with Crippen molar-refractivity contribution in [2.45, 2.75) is 0 Å². The molecule has 8 heteroatoms. The predicted octanol–water partition coefficient (Wildman–Crippen LogP) is 3.02. The number of rotatable bonds is 3. The van der Waals surface area contributed by atoms with E-state index in [4.69, 9.17) is 11.1 Å². The average molecular weight is 411 g/mol. The van der Waals surface area contributed by atoms with Crippen LogP contribution in [0.15, 0.2) is 39.4 Å². The lowest BCUT2D eigenvalue weighted by atomic mass is 10.2. The molecular weight excluding hydrogens is 402 g/mol. The van der Waals surface area contributed by atoms with E-state index in [-0.39, 0.29) is 11.7 Å². The van der Waals surface area contributed by atoms with E-state index >= 15 is 0 Å². The van der Waals surface area contributed by atoms with E-state index in [1.807, 2.05) is 6.07 Å². The number of nitriles is 1. The van der Waals surface area contributed by atoms with Gasteiger partial charge in [0, 0.05) is 15.1 Å². The van der Waals surface area contributed by atoms with Gasteiger partial charge in [-0.3, -0.25) is 4.79 Å². The van der Waals surface area contributed by atoms with Gasteiger partial charge in [0.15, 0.2) is 5.82 Å². The van der Waals surface area contributed by atoms with Gasteiger partial charge >= 0.3 is 0 Å². The van der Waals surface area contributed by atoms with Crippen molar-refractivity contribution < 1.29 is 4.79 Å². The van der Waals surface area contributed by atoms with Crippen molar-refractivity contribution >= 4 is 49.3 Å². The van der Waals surface area contributed by atoms with Crippen LogP contribution in [0.1, 0.15) is 15.9 Å². The summed E-state index contributed by atoms with van der Waals surface area (Å²) in [5.74, 6) is 5.24. The van der Waals surface area contributed by atoms with Gasteiger partial charge in [0.2, 0.25) is 0 Å². The normalized spacial score (nSPS) is 9.81. The molecule has 1 heterocycles. The molecule has 4 N–H and O–H groups in total. The van der Waals surface area contributed by atoms with Crippen LogP contribution in [-0.4, -0.2) is 10.9 Å². The van der Waals surface area contributed by atoms with Crippen molar-refractivity contribution in [3.8, 4) is 6.07 Å². The maximum Gasteiger partial charge on any atom is 0.259 e. The quantitative estimate of drug-likeness (QED) is 0.532. The Hall–Kier alpha value is -1.95. The summed E-state index contributed by atoms with van der Waals surface area (Å²) in [5.41, 5.74) is 3.71. The molecule has 0 aliphatic carbocycles. The molecule has 1 amide bonds. The number of halogens is 2. The molecule has 1 aromatic carbocycles. The molecule has 0 spiro atoms. The van der Waals surface area contributed by atoms with Crippen LogP contribution in [0.5, 0.6) is 0 Å². The van der Waals surface area contributed by atoms with E-state index in [9.17, 15) is 4.79 Å². The van der Waals surface area contributed by atoms with E-state index in [1.165, 1.54) is 6.20 Å². The minimum Gasteiger partial charge on any atom is -0.321 e. The maximum absolute atomic E-state index is 12.3. The minimum absolute atomic E-state index is 0.264. The number of aromatic nitrogens is 1. The molecule has 0 aliphatic rings. The second-order valence-electron chi connectivity index (χ2n) is 3.95. The zero-order valence-electron chi connectivity index (χ0n) is 10.5. The smallest absolute Gasteiger partial charge is 0.259 e. The average Bonchev–Trinajstić information content (AvgIpc) is 2.49. The summed E-state index contributed by atoms with van der Waals surface area (Å²) in [6.07, 6.45) is 1.53. The van der Waals surface area contributed by atoms with Gasteiger partial charge in [0.25, 0.3) is 5.91 Å². The minimum atomic E-state index is -0.373. The molecule has 2 rings (SSSR count). The van der Waals surface area contributed by atoms with Gasteiger partial charge in [-0.25, -0.2) is 10.8 Å². The number of nitrogens with one attached hydrogen (secondary N) is 2. The fraction of sp³-hybridized carbons (Fsp3) is 0. The van der Waals surface area contributed by atoms with Crippen LogP contribution in [0, 0.1) is 11.3 Å². The Kier molecular flexibility index (Phi) is 4.90. The number of anilines is 2. The Morgan fingerprint density at radius 1 is 1.33 bits per heavy atom. The number of benzene rings is 1. The molecule has 0 saturated carbocycles. The first-order valence-electron chi connectivity index (χ1n) is 5.68. The summed E-state index contributed by atoms with van der Waals surface area (Å²) >= 11 is 6.56. The predicted molar refractivity (Wildman–Crippen MR) is 86.6 cm³/mol. The first-order chi connectivity index (χ1) is 10.0. The van der Waals surface area contributed by atoms with Crippen LogP contribution in [0.25, 0.3) is 0 Å². The van der Waals surface area contributed by atoms with E-state index in [1.54, 1.807) is 24.3 Å². The highest BCUT2D eigenvalue weighted by atomic mass is 79.9. The van der Waals surface area contributed by atoms with Gasteiger partial charge in [0.05, 0.1) is 22.9 Å². The van der Waals surface area contributed by atoms with E-state index in [0.717, 1.165) is 0 Å². The SMILES string of the molecule is N#Cc1ccc(NC(=O)c2cc(Br)cnc2NN)c(Br)c1. The molecule has 0 atom stereocenters. The zero-order chi connectivity index (χ0) is 15.4. The van der Waals surface area contributed by atoms with Gasteiger partial charge in [-0.2, -0.15) is 5.26 Å². The highest BCUT2D eigenvalue weighted by Crippen LogP contribution is 2.25. The van der Waals surface area contributed by atoms with Crippen LogP contribution in [0.3, 0.4) is 0 Å². The Morgan fingerprint density at radius 3 is 2.71 bits per heavy atom. The molecule has 1 aromatic heterocycles. The number of carbonyl (C=O) groups is 1. The first-order valence-corrected chi connectivity index (χ1v) is 7.27. The number of amides is 1. The van der Waals surface area contributed by atoms with Gasteiger partial charge in [-0.1, -0.05) is 0 Å². The maximum atomic E-state index is 12.3. The standard InChI is InChI=1S/C13H9Br2N5O/c14-8-4-9(12(20-17)18-6-8)13(21)19-11-2-1-7(5-16)3-10(11)15/h1-4,6H,17H2,(H,18,20)(H,19,21). The monoisotopic (exact) mass is 409 g/mol. The lowest BCUT2D eigenvalue weighted by Crippen LogP contribution is -2.18. The second-order valence-corrected chi connectivity index (χ2v) is 5.72. The van der Waals surface area contributed by atoms with E-state index in [2.05, 4.69) is 47.6 Å². The molecule has 0 radical (unpaired) electrons. The van der Waals surface area contributed by atoms with Crippen molar-refractivity contribution in [3.05, 3.63) is 50.5 Å². The summed E-state index contributed by atoms with van der Waals surface area (Å²) in [6, 6.07) is 8.50. The van der Waals surface area contributed by atoms with Crippen molar-refractivity contribution in [1.82, 2.24) is 4.98 Å². The van der Waals surface area contributed by atoms with Crippen LogP contribution >= 0.6 is 31.9 Å². The fourth-order valence-electron chi connectivity index (χ4n) is 1.60. The number of hydrazine groups is 1. The molecule has 106 valence electrons. The van der Waals surface area contributed by atoms with Crippen LogP contribution in [-0.2, 0) is 0 Å². The first kappa shape index (κ1) is 15.4. The zero-order valence-corrected chi connectivity index (χ0v) is 13.7.